The summed E-state index contributed by atoms with van der Waals surface area (Å²) in [6.07, 6.45) is 0. The molecule has 3 rings (SSSR count). The fourth-order valence-electron chi connectivity index (χ4n) is 2.49. The predicted molar refractivity (Wildman–Crippen MR) is 124 cm³/mol. The van der Waals surface area contributed by atoms with E-state index in [0.29, 0.717) is 5.02 Å². The molecule has 0 amide bonds. The quantitative estimate of drug-likeness (QED) is 0.371. The molecule has 0 atom stereocenters. The van der Waals surface area contributed by atoms with Gasteiger partial charge < -0.3 is 5.11 Å². The van der Waals surface area contributed by atoms with Crippen LogP contribution < -0.4 is 0 Å². The number of hydrogen-bond donors (Lipinski definition) is 1. The summed E-state index contributed by atoms with van der Waals surface area (Å²) in [5.74, 6) is 0.229. The average molecular weight is 491 g/mol. The summed E-state index contributed by atoms with van der Waals surface area (Å²) in [4.78, 5) is 0. The molecule has 3 aromatic rings. The van der Waals surface area contributed by atoms with Crippen molar-refractivity contribution >= 4 is 40.2 Å². The summed E-state index contributed by atoms with van der Waals surface area (Å²) < 4.78 is 14.0. The molecular formula is C23H25Cl3FOTi. The molecule has 1 N–H and O–H groups in total. The summed E-state index contributed by atoms with van der Waals surface area (Å²) in [5.41, 5.74) is 3.09. The molecule has 0 heterocycles. The van der Waals surface area contributed by atoms with Crippen molar-refractivity contribution in [1.29, 1.82) is 0 Å². The number of rotatable bonds is 2. The van der Waals surface area contributed by atoms with E-state index in [1.807, 2.05) is 66.7 Å². The third-order valence-electron chi connectivity index (χ3n) is 3.97. The van der Waals surface area contributed by atoms with Gasteiger partial charge in [0, 0.05) is 5.02 Å². The van der Waals surface area contributed by atoms with Gasteiger partial charge in [0.1, 0.15) is 5.75 Å². The van der Waals surface area contributed by atoms with Crippen LogP contribution in [0.25, 0.3) is 0 Å². The predicted octanol–water partition coefficient (Wildman–Crippen LogP) is 7.41. The summed E-state index contributed by atoms with van der Waals surface area (Å²) in [7, 11) is 0. The zero-order chi connectivity index (χ0) is 19.9. The molecule has 1 nitrogen and oxygen atoms in total. The van der Waals surface area contributed by atoms with Gasteiger partial charge in [-0.25, -0.2) is 0 Å². The first-order valence-corrected chi connectivity index (χ1v) is 10.4. The van der Waals surface area contributed by atoms with Gasteiger partial charge in [0.2, 0.25) is 0 Å². The summed E-state index contributed by atoms with van der Waals surface area (Å²) >= 11 is 4.27. The second-order valence-electron chi connectivity index (χ2n) is 7.15. The molecule has 3 aromatic carbocycles. The molecule has 0 bridgehead atoms. The van der Waals surface area contributed by atoms with Crippen LogP contribution in [-0.4, -0.2) is 8.92 Å². The van der Waals surface area contributed by atoms with Gasteiger partial charge in [0.05, 0.1) is 0 Å². The van der Waals surface area contributed by atoms with Crippen molar-refractivity contribution in [3.63, 3.8) is 0 Å². The monoisotopic (exact) mass is 489 g/mol. The number of phenolic OH excluding ortho intramolecular Hbond substituents is 1. The molecule has 0 aliphatic carbocycles. The molecular weight excluding hydrogens is 465 g/mol. The summed E-state index contributed by atoms with van der Waals surface area (Å²) in [5, 5.41) is 9.86. The van der Waals surface area contributed by atoms with Gasteiger partial charge in [-0.3, -0.25) is 0 Å². The molecule has 0 aliphatic rings. The van der Waals surface area contributed by atoms with E-state index in [2.05, 4.69) is 20.8 Å². The van der Waals surface area contributed by atoms with E-state index in [1.54, 1.807) is 6.07 Å². The van der Waals surface area contributed by atoms with Gasteiger partial charge >= 0.3 is 97.9 Å². The first kappa shape index (κ1) is 27.8. The zero-order valence-electron chi connectivity index (χ0n) is 16.5. The third kappa shape index (κ3) is 9.03. The van der Waals surface area contributed by atoms with E-state index in [4.69, 9.17) is 11.6 Å². The molecule has 155 valence electrons. The van der Waals surface area contributed by atoms with Gasteiger partial charge in [-0.2, -0.15) is 0 Å². The molecule has 6 heteroatoms. The number of aromatic hydroxyl groups is 1. The molecule has 0 spiro atoms. The Kier molecular flexibility index (Phi) is 12.7. The minimum absolute atomic E-state index is 0. The molecule has 0 aromatic heterocycles. The van der Waals surface area contributed by atoms with Crippen LogP contribution in [0, 0.1) is 0 Å². The second kappa shape index (κ2) is 13.2. The van der Waals surface area contributed by atoms with E-state index in [0.717, 1.165) is 20.5 Å². The Morgan fingerprint density at radius 2 is 1.28 bits per heavy atom. The van der Waals surface area contributed by atoms with Gasteiger partial charge in [-0.15, -0.1) is 24.8 Å². The number of benzene rings is 3. The molecule has 0 aliphatic heterocycles. The van der Waals surface area contributed by atoms with Crippen molar-refractivity contribution in [3.05, 3.63) is 101 Å². The van der Waals surface area contributed by atoms with Crippen molar-refractivity contribution in [2.45, 2.75) is 26.2 Å². The van der Waals surface area contributed by atoms with Crippen LogP contribution in [0.2, 0.25) is 5.02 Å². The Labute approximate surface area is 199 Å². The van der Waals surface area contributed by atoms with Crippen molar-refractivity contribution in [2.75, 3.05) is 0 Å². The van der Waals surface area contributed by atoms with E-state index in [-0.39, 0.29) is 36.0 Å². The average Bonchev–Trinajstić information content (AvgIpc) is 2.63. The number of halogens is 4. The van der Waals surface area contributed by atoms with Crippen molar-refractivity contribution in [2.24, 2.45) is 0 Å². The van der Waals surface area contributed by atoms with E-state index in [1.165, 1.54) is 6.07 Å². The Balaban J connectivity index is 0.000000518. The van der Waals surface area contributed by atoms with Crippen LogP contribution in [0.15, 0.2) is 78.9 Å². The van der Waals surface area contributed by atoms with Crippen LogP contribution in [0.5, 0.6) is 5.75 Å². The Bertz CT molecular complexity index is 833. The van der Waals surface area contributed by atoms with Gasteiger partial charge in [0.25, 0.3) is 0 Å². The molecule has 0 radical (unpaired) electrons. The second-order valence-corrected chi connectivity index (χ2v) is 8.66. The fraction of sp³-hybridized carbons (Fsp3) is 0.174. The summed E-state index contributed by atoms with van der Waals surface area (Å²) in [6.45, 7) is 6.24. The fourth-order valence-corrected chi connectivity index (χ4v) is 3.58. The van der Waals surface area contributed by atoms with Crippen LogP contribution in [0.1, 0.15) is 37.5 Å². The van der Waals surface area contributed by atoms with Crippen LogP contribution in [0.3, 0.4) is 0 Å². The van der Waals surface area contributed by atoms with Gasteiger partial charge in [0.15, 0.2) is 0 Å². The van der Waals surface area contributed by atoms with Crippen LogP contribution in [-0.2, 0) is 24.6 Å². The van der Waals surface area contributed by atoms with E-state index >= 15 is 0 Å². The Morgan fingerprint density at radius 3 is 1.62 bits per heavy atom. The number of phenols is 1. The van der Waals surface area contributed by atoms with Crippen LogP contribution >= 0.6 is 36.4 Å². The molecule has 0 saturated heterocycles. The van der Waals surface area contributed by atoms with E-state index in [9.17, 15) is 8.20 Å². The SMILES string of the molecule is CC(C)(C)c1cc(O)cc(Cl)c1.Cl.Cl.[F][Ti]=[C](c1ccccc1)c1ccccc1. The standard InChI is InChI=1S/C13H10.C10H13ClO.2ClH.FH.Ti/c1-3-7-12(8-4-1)11-13-9-5-2-6-10-13;1-10(2,3)7-4-8(11)6-9(12)5-7;;;;/h1-10H;4-6,12H,1-3H3;3*1H;/q;;;;;+1/p-1. The Hall–Kier alpha value is -1.16. The summed E-state index contributed by atoms with van der Waals surface area (Å²) in [6, 6.07) is 24.7. The number of hydrogen-bond acceptors (Lipinski definition) is 1. The van der Waals surface area contributed by atoms with E-state index < -0.39 is 19.2 Å². The maximum absolute atomic E-state index is 13.1. The Morgan fingerprint density at radius 1 is 0.828 bits per heavy atom. The zero-order valence-corrected chi connectivity index (χ0v) is 20.5. The van der Waals surface area contributed by atoms with Crippen LogP contribution in [0.4, 0.5) is 3.09 Å². The van der Waals surface area contributed by atoms with Crippen molar-refractivity contribution < 1.29 is 27.4 Å². The van der Waals surface area contributed by atoms with Gasteiger partial charge in [-0.05, 0) is 29.2 Å². The molecule has 29 heavy (non-hydrogen) atoms. The van der Waals surface area contributed by atoms with Crippen molar-refractivity contribution in [3.8, 4) is 5.75 Å². The maximum atomic E-state index is 13.1. The third-order valence-corrected chi connectivity index (χ3v) is 5.38. The minimum atomic E-state index is -1.53. The molecule has 0 fully saturated rings. The first-order chi connectivity index (χ1) is 12.8. The van der Waals surface area contributed by atoms with Gasteiger partial charge in [-0.1, -0.05) is 32.4 Å². The van der Waals surface area contributed by atoms with Crippen molar-refractivity contribution in [1.82, 2.24) is 0 Å². The molecule has 0 saturated carbocycles. The first-order valence-electron chi connectivity index (χ1n) is 8.65. The normalized spacial score (nSPS) is 9.69. The molecule has 0 unspecified atom stereocenters. The topological polar surface area (TPSA) is 20.2 Å².